The van der Waals surface area contributed by atoms with Crippen LogP contribution in [0, 0.1) is 0 Å². The maximum Gasteiger partial charge on any atom is 0.202 e. The lowest BCUT2D eigenvalue weighted by atomic mass is 10.2. The Morgan fingerprint density at radius 2 is 2.05 bits per heavy atom. The highest BCUT2D eigenvalue weighted by molar-refractivity contribution is 7.90. The summed E-state index contributed by atoms with van der Waals surface area (Å²) in [5.41, 5.74) is 8.57. The maximum atomic E-state index is 11.2. The molecular formula is C12H21N5O2S. The number of nitrogen functional groups attached to an aromatic ring is 1. The van der Waals surface area contributed by atoms with E-state index in [0.29, 0.717) is 18.9 Å². The number of aryl methyl sites for hydroxylation is 3. The minimum Gasteiger partial charge on any atom is -0.369 e. The highest BCUT2D eigenvalue weighted by Crippen LogP contribution is 2.22. The van der Waals surface area contributed by atoms with Gasteiger partial charge in [0.15, 0.2) is 5.65 Å². The fourth-order valence-electron chi connectivity index (χ4n) is 2.37. The number of sulfone groups is 1. The van der Waals surface area contributed by atoms with Gasteiger partial charge in [-0.05, 0) is 12.8 Å². The van der Waals surface area contributed by atoms with Crippen molar-refractivity contribution in [3.63, 3.8) is 0 Å². The quantitative estimate of drug-likeness (QED) is 0.848. The fraction of sp³-hybridized carbons (Fsp3) is 0.667. The summed E-state index contributed by atoms with van der Waals surface area (Å²) in [5, 5.41) is 4.46. The predicted molar refractivity (Wildman–Crippen MR) is 79.2 cm³/mol. The van der Waals surface area contributed by atoms with Crippen LogP contribution in [0.1, 0.15) is 25.5 Å². The lowest BCUT2D eigenvalue weighted by molar-refractivity contribution is 0.592. The van der Waals surface area contributed by atoms with E-state index >= 15 is 0 Å². The van der Waals surface area contributed by atoms with E-state index in [2.05, 4.69) is 17.0 Å². The van der Waals surface area contributed by atoms with Gasteiger partial charge in [-0.2, -0.15) is 5.10 Å². The second-order valence-electron chi connectivity index (χ2n) is 5.10. The summed E-state index contributed by atoms with van der Waals surface area (Å²) in [5.74, 6) is 0.560. The molecule has 0 amide bonds. The molecule has 7 nitrogen and oxygen atoms in total. The number of nitrogens with zero attached hydrogens (tertiary/aromatic N) is 4. The predicted octanol–water partition coefficient (Wildman–Crippen LogP) is 0.739. The van der Waals surface area contributed by atoms with Crippen LogP contribution in [0.2, 0.25) is 0 Å². The van der Waals surface area contributed by atoms with Crippen molar-refractivity contribution in [1.82, 2.24) is 19.3 Å². The first-order valence-electron chi connectivity index (χ1n) is 6.68. The fourth-order valence-corrected chi connectivity index (χ4v) is 3.02. The van der Waals surface area contributed by atoms with Gasteiger partial charge in [0, 0.05) is 19.8 Å². The zero-order chi connectivity index (χ0) is 14.9. The van der Waals surface area contributed by atoms with E-state index in [9.17, 15) is 8.42 Å². The topological polar surface area (TPSA) is 95.8 Å². The van der Waals surface area contributed by atoms with Crippen molar-refractivity contribution >= 4 is 26.9 Å². The number of aromatic nitrogens is 4. The minimum atomic E-state index is -2.95. The molecule has 2 heterocycles. The molecule has 20 heavy (non-hydrogen) atoms. The lowest BCUT2D eigenvalue weighted by Gasteiger charge is -2.06. The molecule has 2 rings (SSSR count). The SMILES string of the molecule is CCCc1nn(C)c2c1nc(N)n2CCCS(C)(=O)=O. The van der Waals surface area contributed by atoms with Crippen molar-refractivity contribution in [3.8, 4) is 0 Å². The molecule has 0 aromatic carbocycles. The summed E-state index contributed by atoms with van der Waals surface area (Å²) in [6, 6.07) is 0. The molecule has 2 aromatic rings. The molecule has 2 aromatic heterocycles. The van der Waals surface area contributed by atoms with Crippen molar-refractivity contribution < 1.29 is 8.42 Å². The van der Waals surface area contributed by atoms with Gasteiger partial charge in [0.25, 0.3) is 0 Å². The number of rotatable bonds is 6. The highest BCUT2D eigenvalue weighted by atomic mass is 32.2. The molecule has 0 saturated carbocycles. The number of hydrogen-bond donors (Lipinski definition) is 1. The van der Waals surface area contributed by atoms with Crippen LogP contribution in [0.4, 0.5) is 5.95 Å². The Hall–Kier alpha value is -1.57. The van der Waals surface area contributed by atoms with Gasteiger partial charge in [0.1, 0.15) is 15.4 Å². The van der Waals surface area contributed by atoms with Gasteiger partial charge < -0.3 is 5.73 Å². The minimum absolute atomic E-state index is 0.145. The molecule has 0 bridgehead atoms. The Bertz CT molecular complexity index is 714. The normalized spacial score (nSPS) is 12.3. The van der Waals surface area contributed by atoms with E-state index < -0.39 is 9.84 Å². The van der Waals surface area contributed by atoms with E-state index in [1.54, 1.807) is 4.68 Å². The van der Waals surface area contributed by atoms with E-state index in [-0.39, 0.29) is 5.75 Å². The molecule has 0 spiro atoms. The van der Waals surface area contributed by atoms with E-state index in [4.69, 9.17) is 5.73 Å². The third kappa shape index (κ3) is 2.95. The van der Waals surface area contributed by atoms with Gasteiger partial charge in [-0.25, -0.2) is 13.4 Å². The van der Waals surface area contributed by atoms with Crippen LogP contribution in [-0.4, -0.2) is 39.8 Å². The van der Waals surface area contributed by atoms with E-state index in [0.717, 1.165) is 29.7 Å². The smallest absolute Gasteiger partial charge is 0.202 e. The summed E-state index contributed by atoms with van der Waals surface area (Å²) in [4.78, 5) is 4.38. The van der Waals surface area contributed by atoms with Crippen LogP contribution >= 0.6 is 0 Å². The number of hydrogen-bond acceptors (Lipinski definition) is 5. The molecule has 112 valence electrons. The van der Waals surface area contributed by atoms with Crippen molar-refractivity contribution in [2.24, 2.45) is 7.05 Å². The third-order valence-electron chi connectivity index (χ3n) is 3.20. The van der Waals surface area contributed by atoms with Gasteiger partial charge in [0.2, 0.25) is 5.95 Å². The molecule has 0 aliphatic heterocycles. The Morgan fingerprint density at radius 3 is 2.65 bits per heavy atom. The van der Waals surface area contributed by atoms with Gasteiger partial charge in [-0.3, -0.25) is 9.25 Å². The first-order valence-corrected chi connectivity index (χ1v) is 8.75. The molecule has 0 radical (unpaired) electrons. The number of fused-ring (bicyclic) bond motifs is 1. The average Bonchev–Trinajstić information content (AvgIpc) is 2.78. The van der Waals surface area contributed by atoms with Gasteiger partial charge in [0.05, 0.1) is 11.4 Å². The lowest BCUT2D eigenvalue weighted by Crippen LogP contribution is -2.11. The van der Waals surface area contributed by atoms with Crippen molar-refractivity contribution in [1.29, 1.82) is 0 Å². The van der Waals surface area contributed by atoms with Crippen LogP contribution in [-0.2, 0) is 29.9 Å². The second-order valence-corrected chi connectivity index (χ2v) is 7.36. The monoisotopic (exact) mass is 299 g/mol. The summed E-state index contributed by atoms with van der Waals surface area (Å²) in [6.07, 6.45) is 3.61. The van der Waals surface area contributed by atoms with E-state index in [1.165, 1.54) is 6.26 Å². The number of anilines is 1. The molecule has 0 saturated heterocycles. The van der Waals surface area contributed by atoms with Crippen molar-refractivity contribution in [2.45, 2.75) is 32.7 Å². The molecular weight excluding hydrogens is 278 g/mol. The molecule has 0 aliphatic rings. The van der Waals surface area contributed by atoms with Gasteiger partial charge in [-0.1, -0.05) is 13.3 Å². The van der Waals surface area contributed by atoms with Crippen LogP contribution in [0.3, 0.4) is 0 Å². The Balaban J connectivity index is 2.31. The third-order valence-corrected chi connectivity index (χ3v) is 4.23. The Labute approximate surface area is 118 Å². The maximum absolute atomic E-state index is 11.2. The molecule has 0 atom stereocenters. The highest BCUT2D eigenvalue weighted by Gasteiger charge is 2.17. The molecule has 0 aliphatic carbocycles. The number of imidazole rings is 1. The number of nitrogens with two attached hydrogens (primary N) is 1. The van der Waals surface area contributed by atoms with Gasteiger partial charge >= 0.3 is 0 Å². The van der Waals surface area contributed by atoms with Crippen molar-refractivity contribution in [2.75, 3.05) is 17.7 Å². The van der Waals surface area contributed by atoms with Gasteiger partial charge in [-0.15, -0.1) is 0 Å². The Morgan fingerprint density at radius 1 is 1.35 bits per heavy atom. The summed E-state index contributed by atoms with van der Waals surface area (Å²) in [7, 11) is -1.10. The largest absolute Gasteiger partial charge is 0.369 e. The summed E-state index contributed by atoms with van der Waals surface area (Å²) in [6.45, 7) is 2.62. The van der Waals surface area contributed by atoms with Crippen molar-refractivity contribution in [3.05, 3.63) is 5.69 Å². The second kappa shape index (κ2) is 5.43. The van der Waals surface area contributed by atoms with Crippen LogP contribution in [0.25, 0.3) is 11.2 Å². The molecule has 0 fully saturated rings. The van der Waals surface area contributed by atoms with Crippen LogP contribution in [0.15, 0.2) is 0 Å². The molecule has 0 unspecified atom stereocenters. The molecule has 2 N–H and O–H groups in total. The zero-order valence-corrected chi connectivity index (χ0v) is 12.9. The first-order chi connectivity index (χ1) is 9.33. The molecule has 8 heteroatoms. The first kappa shape index (κ1) is 14.8. The van der Waals surface area contributed by atoms with Crippen LogP contribution in [0.5, 0.6) is 0 Å². The summed E-state index contributed by atoms with van der Waals surface area (Å²) >= 11 is 0. The van der Waals surface area contributed by atoms with E-state index in [1.807, 2.05) is 11.6 Å². The van der Waals surface area contributed by atoms with Crippen LogP contribution < -0.4 is 5.73 Å². The Kier molecular flexibility index (Phi) is 4.03. The zero-order valence-electron chi connectivity index (χ0n) is 12.1. The average molecular weight is 299 g/mol. The summed E-state index contributed by atoms with van der Waals surface area (Å²) < 4.78 is 26.0. The standard InChI is InChI=1S/C12H21N5O2S/c1-4-6-9-10-11(16(2)15-9)17(12(13)14-10)7-5-8-20(3,18)19/h4-8H2,1-3H3,(H2,13,14).